The molecule has 1 atom stereocenters. The Morgan fingerprint density at radius 3 is 2.95 bits per heavy atom. The fraction of sp³-hybridized carbons (Fsp3) is 0.538. The third-order valence-electron chi connectivity index (χ3n) is 2.94. The van der Waals surface area contributed by atoms with Gasteiger partial charge in [0, 0.05) is 19.0 Å². The van der Waals surface area contributed by atoms with Gasteiger partial charge in [0.1, 0.15) is 5.76 Å². The van der Waals surface area contributed by atoms with Crippen molar-refractivity contribution in [2.75, 3.05) is 26.9 Å². The van der Waals surface area contributed by atoms with E-state index in [4.69, 9.17) is 9.15 Å². The molecule has 2 heterocycles. The summed E-state index contributed by atoms with van der Waals surface area (Å²) in [6.07, 6.45) is 0.352. The van der Waals surface area contributed by atoms with Crippen LogP contribution in [0.4, 0.5) is 0 Å². The minimum absolute atomic E-state index is 0. The topological polar surface area (TPSA) is 89.8 Å². The van der Waals surface area contributed by atoms with Crippen molar-refractivity contribution in [2.45, 2.75) is 19.0 Å². The summed E-state index contributed by atoms with van der Waals surface area (Å²) in [6.45, 7) is 2.23. The van der Waals surface area contributed by atoms with Crippen molar-refractivity contribution in [2.24, 2.45) is 0 Å². The minimum Gasteiger partial charge on any atom is -0.463 e. The monoisotopic (exact) mass is 318 g/mol. The van der Waals surface area contributed by atoms with Crippen molar-refractivity contribution >= 4 is 24.3 Å². The predicted molar refractivity (Wildman–Crippen MR) is 76.4 cm³/mol. The molecule has 0 radical (unpaired) electrons. The van der Waals surface area contributed by atoms with E-state index in [0.29, 0.717) is 25.4 Å². The number of methoxy groups -OCH3 is 1. The van der Waals surface area contributed by atoms with Crippen LogP contribution in [0.5, 0.6) is 0 Å². The molecule has 2 N–H and O–H groups in total. The summed E-state index contributed by atoms with van der Waals surface area (Å²) in [4.78, 5) is 22.9. The van der Waals surface area contributed by atoms with Crippen LogP contribution in [-0.2, 0) is 20.8 Å². The van der Waals surface area contributed by atoms with Crippen molar-refractivity contribution < 1.29 is 23.5 Å². The second kappa shape index (κ2) is 8.66. The summed E-state index contributed by atoms with van der Waals surface area (Å²) >= 11 is 0. The Bertz CT molecular complexity index is 471. The standard InChI is InChI=1S/C13H18N2O5.ClH/c1-18-13(17)11-3-2-10(20-11)7-15-12(16)6-9-8-19-5-4-14-9;/h2-3,9,14H,4-8H2,1H3,(H,15,16);1H. The molecule has 1 aliphatic rings. The van der Waals surface area contributed by atoms with Crippen molar-refractivity contribution in [1.82, 2.24) is 10.6 Å². The van der Waals surface area contributed by atoms with Gasteiger partial charge in [-0.2, -0.15) is 0 Å². The van der Waals surface area contributed by atoms with Crippen LogP contribution in [-0.4, -0.2) is 44.8 Å². The van der Waals surface area contributed by atoms with Crippen molar-refractivity contribution in [3.8, 4) is 0 Å². The van der Waals surface area contributed by atoms with Gasteiger partial charge in [-0.3, -0.25) is 4.79 Å². The molecular formula is C13H19ClN2O5. The maximum Gasteiger partial charge on any atom is 0.373 e. The van der Waals surface area contributed by atoms with Crippen LogP contribution < -0.4 is 10.6 Å². The van der Waals surface area contributed by atoms with Crippen LogP contribution in [0.25, 0.3) is 0 Å². The van der Waals surface area contributed by atoms with Crippen molar-refractivity contribution in [3.05, 3.63) is 23.7 Å². The summed E-state index contributed by atoms with van der Waals surface area (Å²) in [7, 11) is 1.28. The molecule has 0 saturated carbocycles. The molecule has 1 amide bonds. The Morgan fingerprint density at radius 2 is 2.29 bits per heavy atom. The van der Waals surface area contributed by atoms with Gasteiger partial charge in [-0.05, 0) is 12.1 Å². The largest absolute Gasteiger partial charge is 0.463 e. The number of amides is 1. The molecule has 0 aromatic carbocycles. The number of carbonyl (C=O) groups excluding carboxylic acids is 2. The van der Waals surface area contributed by atoms with Crippen molar-refractivity contribution in [1.29, 1.82) is 0 Å². The Balaban J connectivity index is 0.00000220. The number of rotatable bonds is 5. The lowest BCUT2D eigenvalue weighted by Gasteiger charge is -2.23. The number of carbonyl (C=O) groups is 2. The van der Waals surface area contributed by atoms with E-state index in [1.807, 2.05) is 0 Å². The molecule has 0 aliphatic carbocycles. The first-order valence-corrected chi connectivity index (χ1v) is 6.44. The summed E-state index contributed by atoms with van der Waals surface area (Å²) in [5.41, 5.74) is 0. The average Bonchev–Trinajstić information content (AvgIpc) is 2.94. The molecule has 1 aliphatic heterocycles. The Labute approximate surface area is 128 Å². The van der Waals surface area contributed by atoms with E-state index in [-0.39, 0.29) is 36.7 Å². The highest BCUT2D eigenvalue weighted by Crippen LogP contribution is 2.09. The molecule has 0 bridgehead atoms. The third-order valence-corrected chi connectivity index (χ3v) is 2.94. The number of hydrogen-bond acceptors (Lipinski definition) is 6. The highest BCUT2D eigenvalue weighted by molar-refractivity contribution is 5.86. The summed E-state index contributed by atoms with van der Waals surface area (Å²) in [5, 5.41) is 5.94. The van der Waals surface area contributed by atoms with E-state index < -0.39 is 5.97 Å². The van der Waals surface area contributed by atoms with Crippen LogP contribution in [0.1, 0.15) is 22.7 Å². The molecule has 1 unspecified atom stereocenters. The van der Waals surface area contributed by atoms with Crippen LogP contribution in [0.3, 0.4) is 0 Å². The normalized spacial score (nSPS) is 17.7. The number of nitrogens with one attached hydrogen (secondary N) is 2. The second-order valence-corrected chi connectivity index (χ2v) is 4.46. The highest BCUT2D eigenvalue weighted by atomic mass is 35.5. The lowest BCUT2D eigenvalue weighted by atomic mass is 10.2. The van der Waals surface area contributed by atoms with E-state index in [9.17, 15) is 9.59 Å². The first-order valence-electron chi connectivity index (χ1n) is 6.44. The van der Waals surface area contributed by atoms with Crippen LogP contribution >= 0.6 is 12.4 Å². The Kier molecular flexibility index (Phi) is 7.21. The van der Waals surface area contributed by atoms with Crippen LogP contribution in [0.15, 0.2) is 16.5 Å². The van der Waals surface area contributed by atoms with Gasteiger partial charge < -0.3 is 24.5 Å². The third kappa shape index (κ3) is 5.37. The van der Waals surface area contributed by atoms with Gasteiger partial charge in [0.2, 0.25) is 11.7 Å². The van der Waals surface area contributed by atoms with Gasteiger partial charge >= 0.3 is 5.97 Å². The number of furan rings is 1. The summed E-state index contributed by atoms with van der Waals surface area (Å²) in [6, 6.07) is 3.20. The quantitative estimate of drug-likeness (QED) is 0.768. The Hall–Kier alpha value is -1.57. The minimum atomic E-state index is -0.536. The molecule has 1 fully saturated rings. The molecule has 2 rings (SSSR count). The zero-order valence-electron chi connectivity index (χ0n) is 11.7. The molecule has 8 heteroatoms. The van der Waals surface area contributed by atoms with Gasteiger partial charge in [0.05, 0.1) is 26.9 Å². The van der Waals surface area contributed by atoms with Crippen LogP contribution in [0.2, 0.25) is 0 Å². The number of ether oxygens (including phenoxy) is 2. The maximum absolute atomic E-state index is 11.7. The average molecular weight is 319 g/mol. The molecule has 21 heavy (non-hydrogen) atoms. The smallest absolute Gasteiger partial charge is 0.373 e. The fourth-order valence-corrected chi connectivity index (χ4v) is 1.92. The zero-order chi connectivity index (χ0) is 14.4. The first-order chi connectivity index (χ1) is 9.69. The van der Waals surface area contributed by atoms with Gasteiger partial charge in [0.25, 0.3) is 0 Å². The predicted octanol–water partition coefficient (Wildman–Crippen LogP) is 0.483. The Morgan fingerprint density at radius 1 is 1.48 bits per heavy atom. The molecule has 0 spiro atoms. The van der Waals surface area contributed by atoms with Gasteiger partial charge in [-0.25, -0.2) is 4.79 Å². The van der Waals surface area contributed by atoms with E-state index >= 15 is 0 Å². The van der Waals surface area contributed by atoms with E-state index in [1.54, 1.807) is 6.07 Å². The molecular weight excluding hydrogens is 300 g/mol. The van der Waals surface area contributed by atoms with Crippen LogP contribution in [0, 0.1) is 0 Å². The second-order valence-electron chi connectivity index (χ2n) is 4.46. The SMILES string of the molecule is COC(=O)c1ccc(CNC(=O)CC2COCCN2)o1.Cl. The molecule has 1 saturated heterocycles. The fourth-order valence-electron chi connectivity index (χ4n) is 1.92. The lowest BCUT2D eigenvalue weighted by Crippen LogP contribution is -2.44. The van der Waals surface area contributed by atoms with E-state index in [2.05, 4.69) is 15.4 Å². The molecule has 7 nitrogen and oxygen atoms in total. The highest BCUT2D eigenvalue weighted by Gasteiger charge is 2.17. The lowest BCUT2D eigenvalue weighted by molar-refractivity contribution is -0.122. The van der Waals surface area contributed by atoms with E-state index in [0.717, 1.165) is 6.54 Å². The van der Waals surface area contributed by atoms with Gasteiger partial charge in [-0.1, -0.05) is 0 Å². The molecule has 1 aromatic heterocycles. The number of morpholine rings is 1. The molecule has 1 aromatic rings. The van der Waals surface area contributed by atoms with Gasteiger partial charge in [-0.15, -0.1) is 12.4 Å². The maximum atomic E-state index is 11.7. The van der Waals surface area contributed by atoms with Gasteiger partial charge in [0.15, 0.2) is 0 Å². The first kappa shape index (κ1) is 17.5. The zero-order valence-corrected chi connectivity index (χ0v) is 12.5. The van der Waals surface area contributed by atoms with Crippen molar-refractivity contribution in [3.63, 3.8) is 0 Å². The number of halogens is 1. The summed E-state index contributed by atoms with van der Waals surface area (Å²) in [5.74, 6) is 0.000786. The van der Waals surface area contributed by atoms with E-state index in [1.165, 1.54) is 13.2 Å². The number of hydrogen-bond donors (Lipinski definition) is 2. The number of esters is 1. The summed E-state index contributed by atoms with van der Waals surface area (Å²) < 4.78 is 15.1. The molecule has 118 valence electrons.